The van der Waals surface area contributed by atoms with Crippen molar-refractivity contribution in [2.75, 3.05) is 39.5 Å². The summed E-state index contributed by atoms with van der Waals surface area (Å²) in [5.41, 5.74) is 7.74. The van der Waals surface area contributed by atoms with Gasteiger partial charge in [-0.15, -0.1) is 43.1 Å². The molecule has 18 heteroatoms. The highest BCUT2D eigenvalue weighted by Crippen LogP contribution is 2.43. The zero-order valence-corrected chi connectivity index (χ0v) is 41.5. The molecule has 6 heterocycles. The van der Waals surface area contributed by atoms with Crippen molar-refractivity contribution >= 4 is 69.1 Å². The molecule has 0 spiro atoms. The summed E-state index contributed by atoms with van der Waals surface area (Å²) >= 11 is 15.9. The number of aliphatic imine (C=N–C) groups is 2. The van der Waals surface area contributed by atoms with E-state index in [0.717, 1.165) is 66.5 Å². The van der Waals surface area contributed by atoms with Gasteiger partial charge in [-0.3, -0.25) is 28.7 Å². The lowest BCUT2D eigenvalue weighted by atomic mass is 9.94. The van der Waals surface area contributed by atoms with Gasteiger partial charge >= 0.3 is 0 Å². The van der Waals surface area contributed by atoms with Crippen molar-refractivity contribution in [3.8, 4) is 10.0 Å². The van der Waals surface area contributed by atoms with Gasteiger partial charge in [0.05, 0.1) is 49.7 Å². The first kappa shape index (κ1) is 47.4. The van der Waals surface area contributed by atoms with Crippen LogP contribution in [0.25, 0.3) is 10.0 Å². The van der Waals surface area contributed by atoms with Gasteiger partial charge in [0.15, 0.2) is 11.6 Å². The Morgan fingerprint density at radius 3 is 1.35 bits per heavy atom. The quantitative estimate of drug-likeness (QED) is 0.0857. The number of carbonyl (C=O) groups is 2. The number of rotatable bonds is 17. The van der Waals surface area contributed by atoms with Crippen molar-refractivity contribution in [1.82, 2.24) is 40.2 Å². The Labute approximate surface area is 402 Å². The third-order valence-electron chi connectivity index (χ3n) is 12.4. The number of ether oxygens (including phenoxy) is 2. The van der Waals surface area contributed by atoms with E-state index in [1.165, 1.54) is 9.75 Å². The van der Waals surface area contributed by atoms with Crippen molar-refractivity contribution in [3.63, 3.8) is 0 Å². The highest BCUT2D eigenvalue weighted by atomic mass is 35.5. The number of nitrogens with zero attached hydrogens (tertiary/aromatic N) is 8. The topological polar surface area (TPSA) is 163 Å². The maximum Gasteiger partial charge on any atom is 0.225 e. The van der Waals surface area contributed by atoms with E-state index in [9.17, 15) is 9.59 Å². The van der Waals surface area contributed by atoms with E-state index in [2.05, 4.69) is 67.9 Å². The minimum absolute atomic E-state index is 0.138. The standard InChI is InChI=1S/C48H54Cl2N10O4S2/c1-9-35(41-43-57-55-29(7)59(43)47-37(25(3)27(5)65-47)39(53-41)31-11-15-33(49)16-12-31)45(61)51-19-21-63-23-24-64-22-20-52-46(62)36(10-2)42-44-58-56-30(8)60(44)48-38(26(4)28(6)66-48)40(54-42)32-13-17-34(50)18-14-32/h11-18,35-36,41-42H,9-10,19-24H2,1-8H3,(H,51,61)(H,52,62)/t35-,36-,41+,42+/m1/s1. The molecule has 0 saturated carbocycles. The Morgan fingerprint density at radius 2 is 0.985 bits per heavy atom. The number of aromatic nitrogens is 6. The molecule has 6 aromatic rings. The summed E-state index contributed by atoms with van der Waals surface area (Å²) < 4.78 is 15.8. The first-order valence-corrected chi connectivity index (χ1v) is 24.6. The van der Waals surface area contributed by atoms with Gasteiger partial charge in [0.2, 0.25) is 11.8 Å². The lowest BCUT2D eigenvalue weighted by Gasteiger charge is -2.22. The van der Waals surface area contributed by atoms with Gasteiger partial charge in [0, 0.05) is 55.1 Å². The Bertz CT molecular complexity index is 2620. The first-order chi connectivity index (χ1) is 31.8. The van der Waals surface area contributed by atoms with E-state index < -0.39 is 23.9 Å². The van der Waals surface area contributed by atoms with Crippen molar-refractivity contribution < 1.29 is 19.1 Å². The van der Waals surface area contributed by atoms with Gasteiger partial charge in [-0.1, -0.05) is 61.3 Å². The molecule has 4 atom stereocenters. The fourth-order valence-corrected chi connectivity index (χ4v) is 11.3. The fourth-order valence-electron chi connectivity index (χ4n) is 8.63. The fraction of sp³-hybridized carbons (Fsp3) is 0.417. The van der Waals surface area contributed by atoms with Crippen LogP contribution in [0.2, 0.25) is 10.0 Å². The van der Waals surface area contributed by atoms with Crippen LogP contribution in [0.1, 0.15) is 105 Å². The molecule has 2 aliphatic rings. The lowest BCUT2D eigenvalue weighted by molar-refractivity contribution is -0.127. The molecule has 0 bridgehead atoms. The van der Waals surface area contributed by atoms with Crippen LogP contribution in [0.5, 0.6) is 0 Å². The third-order valence-corrected chi connectivity index (χ3v) is 15.3. The van der Waals surface area contributed by atoms with Crippen LogP contribution in [0.15, 0.2) is 58.5 Å². The van der Waals surface area contributed by atoms with Gasteiger partial charge in [0.1, 0.15) is 33.7 Å². The molecule has 2 aliphatic heterocycles. The van der Waals surface area contributed by atoms with Crippen LogP contribution in [0, 0.1) is 53.4 Å². The second-order valence-electron chi connectivity index (χ2n) is 16.5. The van der Waals surface area contributed by atoms with E-state index in [4.69, 9.17) is 42.7 Å². The number of carbonyl (C=O) groups excluding carboxylic acids is 2. The summed E-state index contributed by atoms with van der Waals surface area (Å²) in [5, 5.41) is 27.5. The number of benzene rings is 2. The summed E-state index contributed by atoms with van der Waals surface area (Å²) in [6, 6.07) is 14.2. The number of hydrogen-bond donors (Lipinski definition) is 2. The third kappa shape index (κ3) is 9.28. The largest absolute Gasteiger partial charge is 0.377 e. The Hall–Kier alpha value is -5.10. The van der Waals surface area contributed by atoms with E-state index in [-0.39, 0.29) is 11.8 Å². The molecule has 0 unspecified atom stereocenters. The molecular formula is C48H54Cl2N10O4S2. The minimum Gasteiger partial charge on any atom is -0.377 e. The molecule has 66 heavy (non-hydrogen) atoms. The molecule has 2 amide bonds. The number of fused-ring (bicyclic) bond motifs is 6. The molecule has 4 aromatic heterocycles. The normalized spacial score (nSPS) is 16.2. The highest BCUT2D eigenvalue weighted by molar-refractivity contribution is 7.15. The van der Waals surface area contributed by atoms with Gasteiger partial charge in [-0.05, 0) is 89.8 Å². The Balaban J connectivity index is 0.845. The Kier molecular flexibility index (Phi) is 14.7. The van der Waals surface area contributed by atoms with E-state index in [1.807, 2.05) is 76.2 Å². The van der Waals surface area contributed by atoms with E-state index >= 15 is 0 Å². The molecule has 2 N–H and O–H groups in total. The molecule has 14 nitrogen and oxygen atoms in total. The molecule has 346 valence electrons. The molecule has 0 fully saturated rings. The number of halogens is 2. The predicted octanol–water partition coefficient (Wildman–Crippen LogP) is 8.93. The first-order valence-electron chi connectivity index (χ1n) is 22.3. The average Bonchev–Trinajstić information content (AvgIpc) is 3.99. The molecular weight excluding hydrogens is 916 g/mol. The highest BCUT2D eigenvalue weighted by Gasteiger charge is 2.39. The lowest BCUT2D eigenvalue weighted by Crippen LogP contribution is -2.36. The molecule has 0 radical (unpaired) electrons. The summed E-state index contributed by atoms with van der Waals surface area (Å²) in [5.74, 6) is 1.45. The van der Waals surface area contributed by atoms with Crippen molar-refractivity contribution in [2.45, 2.75) is 80.3 Å². The van der Waals surface area contributed by atoms with E-state index in [1.54, 1.807) is 22.7 Å². The summed E-state index contributed by atoms with van der Waals surface area (Å²) in [4.78, 5) is 40.8. The maximum absolute atomic E-state index is 13.9. The maximum atomic E-state index is 13.9. The van der Waals surface area contributed by atoms with Gasteiger partial charge in [-0.2, -0.15) is 0 Å². The SMILES string of the molecule is CC[C@@H](C(=O)NCCOCCOCCNC(=O)[C@H](CC)[C@@H]1N=C(c2ccc(Cl)cc2)c2c(sc(C)c2C)-n2c(C)nnc21)[C@@H]1N=C(c2ccc(Cl)cc2)c2c(sc(C)c2C)-n2c(C)nnc21. The van der Waals surface area contributed by atoms with Gasteiger partial charge < -0.3 is 20.1 Å². The van der Waals surface area contributed by atoms with E-state index in [0.29, 0.717) is 74.1 Å². The van der Waals surface area contributed by atoms with Crippen LogP contribution >= 0.6 is 45.9 Å². The van der Waals surface area contributed by atoms with Crippen LogP contribution < -0.4 is 10.6 Å². The number of nitrogens with one attached hydrogen (secondary N) is 2. The van der Waals surface area contributed by atoms with Crippen LogP contribution in [-0.2, 0) is 19.1 Å². The number of aryl methyl sites for hydroxylation is 4. The van der Waals surface area contributed by atoms with Crippen molar-refractivity contribution in [1.29, 1.82) is 0 Å². The van der Waals surface area contributed by atoms with Crippen LogP contribution in [-0.4, -0.2) is 92.3 Å². The molecule has 0 aliphatic carbocycles. The molecule has 8 rings (SSSR count). The van der Waals surface area contributed by atoms with Gasteiger partial charge in [-0.25, -0.2) is 0 Å². The Morgan fingerprint density at radius 1 is 0.606 bits per heavy atom. The zero-order valence-electron chi connectivity index (χ0n) is 38.4. The number of hydrogen-bond acceptors (Lipinski definition) is 12. The van der Waals surface area contributed by atoms with Crippen LogP contribution in [0.4, 0.5) is 0 Å². The smallest absolute Gasteiger partial charge is 0.225 e. The molecule has 0 saturated heterocycles. The summed E-state index contributed by atoms with van der Waals surface area (Å²) in [7, 11) is 0. The van der Waals surface area contributed by atoms with Crippen LogP contribution in [0.3, 0.4) is 0 Å². The summed E-state index contributed by atoms with van der Waals surface area (Å²) in [6.45, 7) is 18.1. The molecule has 2 aromatic carbocycles. The second-order valence-corrected chi connectivity index (χ2v) is 19.8. The van der Waals surface area contributed by atoms with Crippen molar-refractivity contribution in [2.24, 2.45) is 21.8 Å². The minimum atomic E-state index is -0.581. The zero-order chi connectivity index (χ0) is 46.8. The monoisotopic (exact) mass is 968 g/mol. The van der Waals surface area contributed by atoms with Crippen molar-refractivity contribution in [3.05, 3.63) is 125 Å². The second kappa shape index (κ2) is 20.4. The van der Waals surface area contributed by atoms with Gasteiger partial charge in [0.25, 0.3) is 0 Å². The average molecular weight is 970 g/mol. The summed E-state index contributed by atoms with van der Waals surface area (Å²) in [6.07, 6.45) is 1.06. The predicted molar refractivity (Wildman–Crippen MR) is 262 cm³/mol. The number of thiophene rings is 2. The number of amides is 2.